The number of phenolic OH excluding ortho intramolecular Hbond substituents is 4. The molecule has 0 radical (unpaired) electrons. The second kappa shape index (κ2) is 8.43. The summed E-state index contributed by atoms with van der Waals surface area (Å²) in [6.07, 6.45) is 3.41. The number of thiophene rings is 1. The fraction of sp³-hybridized carbons (Fsp3) is 0.217. The molecule has 0 atom stereocenters. The topological polar surface area (TPSA) is 139 Å². The molecular weight excluding hydrogens is 432 g/mol. The van der Waals surface area contributed by atoms with Gasteiger partial charge in [0.1, 0.15) is 28.0 Å². The third-order valence-electron chi connectivity index (χ3n) is 5.40. The molecule has 1 aliphatic carbocycles. The molecule has 2 aromatic carbocycles. The van der Waals surface area contributed by atoms with Crippen LogP contribution in [0, 0.1) is 6.92 Å². The van der Waals surface area contributed by atoms with E-state index < -0.39 is 11.8 Å². The first-order valence-electron chi connectivity index (χ1n) is 10.1. The molecule has 0 saturated heterocycles. The molecule has 9 heteroatoms. The first-order chi connectivity index (χ1) is 15.2. The van der Waals surface area contributed by atoms with Crippen LogP contribution in [0.4, 0.5) is 10.7 Å². The Hall–Kier alpha value is -3.72. The highest BCUT2D eigenvalue weighted by molar-refractivity contribution is 7.17. The Balaban J connectivity index is 1.67. The minimum Gasteiger partial charge on any atom is -0.508 e. The molecule has 6 N–H and O–H groups in total. The number of carbonyl (C=O) groups excluding carboxylic acids is 2. The van der Waals surface area contributed by atoms with E-state index in [1.54, 1.807) is 0 Å². The summed E-state index contributed by atoms with van der Waals surface area (Å²) in [4.78, 5) is 27.0. The van der Waals surface area contributed by atoms with Crippen LogP contribution in [-0.4, -0.2) is 32.2 Å². The second-order valence-electron chi connectivity index (χ2n) is 7.70. The summed E-state index contributed by atoms with van der Waals surface area (Å²) >= 11 is 1.33. The Morgan fingerprint density at radius 3 is 2.12 bits per heavy atom. The van der Waals surface area contributed by atoms with E-state index in [9.17, 15) is 30.0 Å². The van der Waals surface area contributed by atoms with Gasteiger partial charge in [-0.2, -0.15) is 0 Å². The van der Waals surface area contributed by atoms with Crippen LogP contribution in [0.1, 0.15) is 49.6 Å². The zero-order valence-corrected chi connectivity index (χ0v) is 18.0. The van der Waals surface area contributed by atoms with Gasteiger partial charge in [0, 0.05) is 39.9 Å². The van der Waals surface area contributed by atoms with Crippen LogP contribution in [0.5, 0.6) is 23.0 Å². The average Bonchev–Trinajstić information content (AvgIpc) is 3.08. The quantitative estimate of drug-likeness (QED) is 0.348. The Kier molecular flexibility index (Phi) is 5.67. The number of hydrogen-bond acceptors (Lipinski definition) is 7. The fourth-order valence-corrected chi connectivity index (χ4v) is 5.03. The van der Waals surface area contributed by atoms with Gasteiger partial charge in [-0.1, -0.05) is 0 Å². The van der Waals surface area contributed by atoms with Crippen molar-refractivity contribution in [1.29, 1.82) is 0 Å². The van der Waals surface area contributed by atoms with Gasteiger partial charge in [0.05, 0.1) is 5.56 Å². The lowest BCUT2D eigenvalue weighted by molar-refractivity contribution is 0.102. The van der Waals surface area contributed by atoms with E-state index >= 15 is 0 Å². The Morgan fingerprint density at radius 1 is 0.844 bits per heavy atom. The summed E-state index contributed by atoms with van der Waals surface area (Å²) in [7, 11) is 0. The van der Waals surface area contributed by atoms with E-state index in [-0.39, 0.29) is 39.8 Å². The molecule has 8 nitrogen and oxygen atoms in total. The molecule has 2 amide bonds. The summed E-state index contributed by atoms with van der Waals surface area (Å²) < 4.78 is 0. The lowest BCUT2D eigenvalue weighted by Crippen LogP contribution is -2.18. The maximum atomic E-state index is 13.2. The molecule has 1 aliphatic rings. The number of rotatable bonds is 4. The van der Waals surface area contributed by atoms with Crippen molar-refractivity contribution in [3.8, 4) is 23.0 Å². The van der Waals surface area contributed by atoms with Crippen molar-refractivity contribution >= 4 is 33.8 Å². The van der Waals surface area contributed by atoms with Gasteiger partial charge in [0.15, 0.2) is 0 Å². The monoisotopic (exact) mass is 454 g/mol. The highest BCUT2D eigenvalue weighted by Crippen LogP contribution is 2.39. The summed E-state index contributed by atoms with van der Waals surface area (Å²) in [5, 5.41) is 45.0. The number of fused-ring (bicyclic) bond motifs is 1. The first kappa shape index (κ1) is 21.5. The molecule has 1 heterocycles. The number of aromatic hydroxyl groups is 4. The van der Waals surface area contributed by atoms with Crippen molar-refractivity contribution in [3.63, 3.8) is 0 Å². The maximum absolute atomic E-state index is 13.2. The van der Waals surface area contributed by atoms with E-state index in [1.165, 1.54) is 42.5 Å². The lowest BCUT2D eigenvalue weighted by atomic mass is 9.95. The highest BCUT2D eigenvalue weighted by Gasteiger charge is 2.27. The van der Waals surface area contributed by atoms with E-state index in [1.807, 2.05) is 0 Å². The van der Waals surface area contributed by atoms with Crippen molar-refractivity contribution in [2.24, 2.45) is 0 Å². The molecule has 1 aromatic heterocycles. The zero-order valence-electron chi connectivity index (χ0n) is 17.2. The molecule has 3 aromatic rings. The third-order valence-corrected chi connectivity index (χ3v) is 6.61. The highest BCUT2D eigenvalue weighted by atomic mass is 32.1. The van der Waals surface area contributed by atoms with Gasteiger partial charge in [-0.3, -0.25) is 9.59 Å². The van der Waals surface area contributed by atoms with Gasteiger partial charge < -0.3 is 31.1 Å². The van der Waals surface area contributed by atoms with Crippen LogP contribution < -0.4 is 10.6 Å². The predicted octanol–water partition coefficient (Wildman–Crippen LogP) is 4.26. The van der Waals surface area contributed by atoms with E-state index in [2.05, 4.69) is 10.6 Å². The van der Waals surface area contributed by atoms with Gasteiger partial charge in [0.25, 0.3) is 11.8 Å². The van der Waals surface area contributed by atoms with Crippen LogP contribution in [0.15, 0.2) is 30.3 Å². The fourth-order valence-electron chi connectivity index (χ4n) is 3.75. The molecule has 0 fully saturated rings. The Labute approximate surface area is 187 Å². The molecule has 0 bridgehead atoms. The Morgan fingerprint density at radius 2 is 1.47 bits per heavy atom. The number of amides is 2. The molecule has 0 aliphatic heterocycles. The number of hydrogen-bond donors (Lipinski definition) is 6. The molecule has 166 valence electrons. The third kappa shape index (κ3) is 4.19. The normalized spacial score (nSPS) is 12.8. The minimum atomic E-state index is -0.571. The number of anilines is 2. The number of nitrogens with one attached hydrogen (secondary N) is 2. The van der Waals surface area contributed by atoms with Crippen molar-refractivity contribution in [2.75, 3.05) is 10.6 Å². The van der Waals surface area contributed by atoms with E-state index in [0.29, 0.717) is 17.0 Å². The van der Waals surface area contributed by atoms with Gasteiger partial charge >= 0.3 is 0 Å². The number of carbonyl (C=O) groups is 2. The second-order valence-corrected chi connectivity index (χ2v) is 8.81. The van der Waals surface area contributed by atoms with Crippen LogP contribution in [0.2, 0.25) is 0 Å². The van der Waals surface area contributed by atoms with Gasteiger partial charge in [-0.15, -0.1) is 11.3 Å². The van der Waals surface area contributed by atoms with Crippen LogP contribution in [0.25, 0.3) is 0 Å². The molecular formula is C23H22N2O6S. The number of aryl methyl sites for hydroxylation is 1. The van der Waals surface area contributed by atoms with E-state index in [0.717, 1.165) is 35.8 Å². The van der Waals surface area contributed by atoms with Crippen LogP contribution in [-0.2, 0) is 12.8 Å². The number of phenols is 4. The molecule has 0 saturated carbocycles. The smallest absolute Gasteiger partial charge is 0.258 e. The predicted molar refractivity (Wildman–Crippen MR) is 121 cm³/mol. The van der Waals surface area contributed by atoms with Crippen LogP contribution in [0.3, 0.4) is 0 Å². The van der Waals surface area contributed by atoms with Crippen molar-refractivity contribution in [2.45, 2.75) is 32.6 Å². The van der Waals surface area contributed by atoms with Gasteiger partial charge in [-0.05, 0) is 50.3 Å². The molecule has 0 spiro atoms. The maximum Gasteiger partial charge on any atom is 0.258 e. The standard InChI is InChI=1S/C23H22N2O6S/c1-11-17(28)6-12(7-18(11)29)21(30)25-23-20(16-4-2-3-5-19(16)32-23)22(31)24-13-8-14(26)10-15(27)9-13/h6-10,26-29H,2-5H2,1H3,(H,24,31)(H,25,30). The lowest BCUT2D eigenvalue weighted by Gasteiger charge is -2.14. The van der Waals surface area contributed by atoms with Gasteiger partial charge in [0.2, 0.25) is 0 Å². The van der Waals surface area contributed by atoms with Crippen molar-refractivity contribution in [1.82, 2.24) is 0 Å². The minimum absolute atomic E-state index is 0.0567. The van der Waals surface area contributed by atoms with Crippen molar-refractivity contribution < 1.29 is 30.0 Å². The zero-order chi connectivity index (χ0) is 23.0. The largest absolute Gasteiger partial charge is 0.508 e. The summed E-state index contributed by atoms with van der Waals surface area (Å²) in [6.45, 7) is 1.53. The van der Waals surface area contributed by atoms with Gasteiger partial charge in [-0.25, -0.2) is 0 Å². The SMILES string of the molecule is Cc1c(O)cc(C(=O)Nc2sc3c(c2C(=O)Nc2cc(O)cc(O)c2)CCCC3)cc1O. The summed E-state index contributed by atoms with van der Waals surface area (Å²) in [5.41, 5.74) is 1.74. The molecule has 32 heavy (non-hydrogen) atoms. The van der Waals surface area contributed by atoms with E-state index in [4.69, 9.17) is 0 Å². The van der Waals surface area contributed by atoms with Crippen LogP contribution >= 0.6 is 11.3 Å². The molecule has 0 unspecified atom stereocenters. The first-order valence-corrected chi connectivity index (χ1v) is 10.9. The number of benzene rings is 2. The summed E-state index contributed by atoms with van der Waals surface area (Å²) in [5.74, 6) is -1.84. The Bertz CT molecular complexity index is 1190. The summed E-state index contributed by atoms with van der Waals surface area (Å²) in [6, 6.07) is 6.29. The van der Waals surface area contributed by atoms with Crippen molar-refractivity contribution in [3.05, 3.63) is 57.5 Å². The average molecular weight is 455 g/mol. The molecule has 4 rings (SSSR count).